The minimum Gasteiger partial charge on any atom is -0.493 e. The number of carbonyl (C=O) groups excluding carboxylic acids is 1. The molecular weight excluding hydrogens is 270 g/mol. The van der Waals surface area contributed by atoms with Crippen LogP contribution in [-0.4, -0.2) is 25.5 Å². The number of oxazole rings is 1. The molecule has 3 aromatic rings. The molecule has 0 radical (unpaired) electrons. The molecule has 21 heavy (non-hydrogen) atoms. The van der Waals surface area contributed by atoms with E-state index in [1.807, 2.05) is 6.07 Å². The Morgan fingerprint density at radius 2 is 1.86 bits per heavy atom. The second kappa shape index (κ2) is 5.28. The van der Waals surface area contributed by atoms with Crippen molar-refractivity contribution < 1.29 is 18.7 Å². The van der Waals surface area contributed by atoms with Gasteiger partial charge in [-0.05, 0) is 36.4 Å². The van der Waals surface area contributed by atoms with Gasteiger partial charge in [0.15, 0.2) is 17.1 Å². The number of ether oxygens (including phenoxy) is 2. The normalized spacial score (nSPS) is 10.6. The van der Waals surface area contributed by atoms with Crippen LogP contribution in [0.25, 0.3) is 22.6 Å². The minimum absolute atomic E-state index is 0.467. The number of benzene rings is 2. The Morgan fingerprint density at radius 1 is 1.05 bits per heavy atom. The first kappa shape index (κ1) is 13.2. The van der Waals surface area contributed by atoms with Crippen LogP contribution in [0, 0.1) is 0 Å². The van der Waals surface area contributed by atoms with Gasteiger partial charge in [-0.3, -0.25) is 4.79 Å². The van der Waals surface area contributed by atoms with Crippen molar-refractivity contribution in [1.82, 2.24) is 4.98 Å². The molecule has 1 heterocycles. The van der Waals surface area contributed by atoms with Crippen LogP contribution in [0.4, 0.5) is 0 Å². The molecule has 0 fully saturated rings. The Labute approximate surface area is 121 Å². The first-order chi connectivity index (χ1) is 10.2. The maximum Gasteiger partial charge on any atom is 0.227 e. The summed E-state index contributed by atoms with van der Waals surface area (Å²) in [7, 11) is 3.15. The summed E-state index contributed by atoms with van der Waals surface area (Å²) in [5.74, 6) is 1.71. The predicted octanol–water partition coefficient (Wildman–Crippen LogP) is 3.32. The van der Waals surface area contributed by atoms with E-state index in [4.69, 9.17) is 13.9 Å². The topological polar surface area (TPSA) is 61.6 Å². The number of hydrogen-bond acceptors (Lipinski definition) is 5. The van der Waals surface area contributed by atoms with Crippen LogP contribution in [-0.2, 0) is 0 Å². The Kier molecular flexibility index (Phi) is 3.31. The summed E-state index contributed by atoms with van der Waals surface area (Å²) < 4.78 is 16.2. The average molecular weight is 283 g/mol. The number of methoxy groups -OCH3 is 2. The fourth-order valence-corrected chi connectivity index (χ4v) is 2.11. The zero-order chi connectivity index (χ0) is 14.8. The van der Waals surface area contributed by atoms with Crippen LogP contribution in [0.15, 0.2) is 40.8 Å². The molecule has 2 aromatic carbocycles. The fraction of sp³-hybridized carbons (Fsp3) is 0.125. The van der Waals surface area contributed by atoms with E-state index in [1.165, 1.54) is 0 Å². The number of aromatic nitrogens is 1. The number of aldehydes is 1. The maximum absolute atomic E-state index is 10.8. The summed E-state index contributed by atoms with van der Waals surface area (Å²) in [5, 5.41) is 0. The Bertz CT molecular complexity index is 807. The SMILES string of the molecule is COc1ccc(-c2nc3cc(C=O)ccc3o2)cc1OC. The molecule has 0 bridgehead atoms. The third kappa shape index (κ3) is 2.33. The van der Waals surface area contributed by atoms with E-state index in [-0.39, 0.29) is 0 Å². The van der Waals surface area contributed by atoms with Crippen LogP contribution < -0.4 is 9.47 Å². The molecule has 3 rings (SSSR count). The highest BCUT2D eigenvalue weighted by Crippen LogP contribution is 2.33. The molecule has 0 atom stereocenters. The van der Waals surface area contributed by atoms with Crippen molar-refractivity contribution in [3.8, 4) is 23.0 Å². The molecule has 0 unspecified atom stereocenters. The first-order valence-electron chi connectivity index (χ1n) is 6.33. The molecule has 0 N–H and O–H groups in total. The van der Waals surface area contributed by atoms with E-state index in [1.54, 1.807) is 44.6 Å². The van der Waals surface area contributed by atoms with Crippen LogP contribution >= 0.6 is 0 Å². The molecule has 106 valence electrons. The summed E-state index contributed by atoms with van der Waals surface area (Å²) in [6, 6.07) is 10.5. The summed E-state index contributed by atoms with van der Waals surface area (Å²) >= 11 is 0. The van der Waals surface area contributed by atoms with E-state index in [9.17, 15) is 4.79 Å². The highest BCUT2D eigenvalue weighted by Gasteiger charge is 2.12. The van der Waals surface area contributed by atoms with Crippen LogP contribution in [0.3, 0.4) is 0 Å². The summed E-state index contributed by atoms with van der Waals surface area (Å²) in [4.78, 5) is 15.2. The lowest BCUT2D eigenvalue weighted by molar-refractivity contribution is 0.112. The second-order valence-corrected chi connectivity index (χ2v) is 4.43. The van der Waals surface area contributed by atoms with E-state index < -0.39 is 0 Å². The number of carbonyl (C=O) groups is 1. The largest absolute Gasteiger partial charge is 0.493 e. The zero-order valence-electron chi connectivity index (χ0n) is 11.6. The minimum atomic E-state index is 0.467. The lowest BCUT2D eigenvalue weighted by Crippen LogP contribution is -1.90. The molecule has 1 aromatic heterocycles. The molecule has 0 spiro atoms. The summed E-state index contributed by atoms with van der Waals surface area (Å²) in [6.07, 6.45) is 0.782. The number of hydrogen-bond donors (Lipinski definition) is 0. The highest BCUT2D eigenvalue weighted by atomic mass is 16.5. The van der Waals surface area contributed by atoms with E-state index in [0.717, 1.165) is 11.8 Å². The van der Waals surface area contributed by atoms with E-state index in [2.05, 4.69) is 4.98 Å². The van der Waals surface area contributed by atoms with Gasteiger partial charge in [-0.2, -0.15) is 0 Å². The van der Waals surface area contributed by atoms with Gasteiger partial charge in [-0.15, -0.1) is 0 Å². The predicted molar refractivity (Wildman–Crippen MR) is 77.9 cm³/mol. The van der Waals surface area contributed by atoms with Gasteiger partial charge in [0.1, 0.15) is 11.8 Å². The van der Waals surface area contributed by atoms with Gasteiger partial charge in [0, 0.05) is 11.1 Å². The molecule has 5 nitrogen and oxygen atoms in total. The highest BCUT2D eigenvalue weighted by molar-refractivity contribution is 5.85. The van der Waals surface area contributed by atoms with Gasteiger partial charge in [-0.1, -0.05) is 0 Å². The molecule has 0 saturated heterocycles. The fourth-order valence-electron chi connectivity index (χ4n) is 2.11. The van der Waals surface area contributed by atoms with Crippen molar-refractivity contribution >= 4 is 17.4 Å². The van der Waals surface area contributed by atoms with Gasteiger partial charge in [0.25, 0.3) is 0 Å². The van der Waals surface area contributed by atoms with Gasteiger partial charge in [-0.25, -0.2) is 4.98 Å². The van der Waals surface area contributed by atoms with Gasteiger partial charge >= 0.3 is 0 Å². The van der Waals surface area contributed by atoms with Crippen molar-refractivity contribution in [2.45, 2.75) is 0 Å². The zero-order valence-corrected chi connectivity index (χ0v) is 11.6. The third-order valence-electron chi connectivity index (χ3n) is 3.18. The van der Waals surface area contributed by atoms with Gasteiger partial charge in [0.2, 0.25) is 5.89 Å². The molecule has 0 aliphatic carbocycles. The lowest BCUT2D eigenvalue weighted by atomic mass is 10.2. The van der Waals surface area contributed by atoms with Crippen molar-refractivity contribution in [2.75, 3.05) is 14.2 Å². The van der Waals surface area contributed by atoms with Crippen molar-refractivity contribution in [3.05, 3.63) is 42.0 Å². The lowest BCUT2D eigenvalue weighted by Gasteiger charge is -2.07. The Balaban J connectivity index is 2.09. The van der Waals surface area contributed by atoms with Gasteiger partial charge < -0.3 is 13.9 Å². The molecule has 5 heteroatoms. The molecule has 0 amide bonds. The summed E-state index contributed by atoms with van der Waals surface area (Å²) in [6.45, 7) is 0. The van der Waals surface area contributed by atoms with Crippen LogP contribution in [0.5, 0.6) is 11.5 Å². The average Bonchev–Trinajstić information content (AvgIpc) is 2.96. The van der Waals surface area contributed by atoms with Crippen LogP contribution in [0.1, 0.15) is 10.4 Å². The maximum atomic E-state index is 10.8. The quantitative estimate of drug-likeness (QED) is 0.687. The molecule has 0 aliphatic rings. The molecule has 0 saturated carbocycles. The van der Waals surface area contributed by atoms with Gasteiger partial charge in [0.05, 0.1) is 14.2 Å². The van der Waals surface area contributed by atoms with E-state index in [0.29, 0.717) is 34.1 Å². The van der Waals surface area contributed by atoms with Crippen molar-refractivity contribution in [3.63, 3.8) is 0 Å². The third-order valence-corrected chi connectivity index (χ3v) is 3.18. The molecule has 0 aliphatic heterocycles. The standard InChI is InChI=1S/C16H13NO4/c1-19-14-6-4-11(8-15(14)20-2)16-17-12-7-10(9-18)3-5-13(12)21-16/h3-9H,1-2H3. The van der Waals surface area contributed by atoms with Crippen molar-refractivity contribution in [1.29, 1.82) is 0 Å². The van der Waals surface area contributed by atoms with E-state index >= 15 is 0 Å². The van der Waals surface area contributed by atoms with Crippen molar-refractivity contribution in [2.24, 2.45) is 0 Å². The second-order valence-electron chi connectivity index (χ2n) is 4.43. The Hall–Kier alpha value is -2.82. The van der Waals surface area contributed by atoms with Crippen LogP contribution in [0.2, 0.25) is 0 Å². The Morgan fingerprint density at radius 3 is 2.57 bits per heavy atom. The molecular formula is C16H13NO4. The monoisotopic (exact) mass is 283 g/mol. The smallest absolute Gasteiger partial charge is 0.227 e. The first-order valence-corrected chi connectivity index (χ1v) is 6.33. The summed E-state index contributed by atoms with van der Waals surface area (Å²) in [5.41, 5.74) is 2.61. The number of rotatable bonds is 4. The number of nitrogens with zero attached hydrogens (tertiary/aromatic N) is 1. The number of fused-ring (bicyclic) bond motifs is 1.